The van der Waals surface area contributed by atoms with E-state index in [1.165, 1.54) is 6.20 Å². The number of nitrogens with two attached hydrogens (primary N) is 2. The molecule has 0 bridgehead atoms. The number of fused-ring (bicyclic) bond motifs is 4. The number of carbonyl (C=O) groups excluding carboxylic acids is 1. The van der Waals surface area contributed by atoms with Crippen LogP contribution >= 0.6 is 11.6 Å². The number of pyridine rings is 2. The minimum atomic E-state index is -1.24. The van der Waals surface area contributed by atoms with Gasteiger partial charge in [0.1, 0.15) is 23.0 Å². The summed E-state index contributed by atoms with van der Waals surface area (Å²) in [5, 5.41) is 0.367. The highest BCUT2D eigenvalue weighted by Crippen LogP contribution is 2.52. The maximum absolute atomic E-state index is 12.1. The molecule has 2 aromatic heterocycles. The quantitative estimate of drug-likeness (QED) is 0.538. The van der Waals surface area contributed by atoms with Crippen molar-refractivity contribution >= 4 is 29.1 Å². The van der Waals surface area contributed by atoms with E-state index in [2.05, 4.69) is 30.7 Å². The smallest absolute Gasteiger partial charge is 0.267 e. The van der Waals surface area contributed by atoms with E-state index in [0.29, 0.717) is 62.8 Å². The normalized spacial score (nSPS) is 18.1. The lowest BCUT2D eigenvalue weighted by molar-refractivity contribution is 0.0996. The molecule has 0 radical (unpaired) electrons. The minimum absolute atomic E-state index is 0.0423. The minimum Gasteiger partial charge on any atom is -0.491 e. The molecule has 1 atom stereocenters. The van der Waals surface area contributed by atoms with E-state index in [9.17, 15) is 4.79 Å². The Kier molecular flexibility index (Phi) is 5.48. The van der Waals surface area contributed by atoms with E-state index in [0.717, 1.165) is 0 Å². The SMILES string of the molecule is CC1=NC2(N=C1N)c1cc(-c3cc(Cl)cnc3C(N)=O)ccc1Oc1ncc(OCC(C)(C)C)cc12. The molecule has 1 amide bonds. The fourth-order valence-corrected chi connectivity index (χ4v) is 4.29. The fraction of sp³-hybridized carbons (Fsp3) is 0.269. The number of ether oxygens (including phenoxy) is 2. The van der Waals surface area contributed by atoms with Crippen LogP contribution in [-0.4, -0.2) is 34.0 Å². The first kappa shape index (κ1) is 23.7. The third-order valence-electron chi connectivity index (χ3n) is 5.82. The van der Waals surface area contributed by atoms with Crippen LogP contribution in [0.2, 0.25) is 5.02 Å². The summed E-state index contributed by atoms with van der Waals surface area (Å²) in [6.07, 6.45) is 3.00. The number of hydrogen-bond acceptors (Lipinski definition) is 8. The summed E-state index contributed by atoms with van der Waals surface area (Å²) in [6, 6.07) is 8.86. The summed E-state index contributed by atoms with van der Waals surface area (Å²) >= 11 is 6.20. The van der Waals surface area contributed by atoms with Gasteiger partial charge in [-0.2, -0.15) is 0 Å². The number of halogens is 1. The van der Waals surface area contributed by atoms with Crippen LogP contribution in [0.3, 0.4) is 0 Å². The number of carbonyl (C=O) groups is 1. The maximum atomic E-state index is 12.1. The van der Waals surface area contributed by atoms with Gasteiger partial charge < -0.3 is 20.9 Å². The van der Waals surface area contributed by atoms with Gasteiger partial charge in [-0.3, -0.25) is 4.79 Å². The summed E-state index contributed by atoms with van der Waals surface area (Å²) < 4.78 is 12.2. The van der Waals surface area contributed by atoms with E-state index < -0.39 is 11.6 Å². The van der Waals surface area contributed by atoms with Gasteiger partial charge in [0.25, 0.3) is 5.91 Å². The molecule has 36 heavy (non-hydrogen) atoms. The summed E-state index contributed by atoms with van der Waals surface area (Å²) in [5.41, 5.74) is 13.5. The van der Waals surface area contributed by atoms with Crippen molar-refractivity contribution in [1.82, 2.24) is 9.97 Å². The highest BCUT2D eigenvalue weighted by molar-refractivity contribution is 6.41. The molecular weight excluding hydrogens is 480 g/mol. The zero-order valence-corrected chi connectivity index (χ0v) is 21.1. The van der Waals surface area contributed by atoms with Crippen molar-refractivity contribution in [3.63, 3.8) is 0 Å². The van der Waals surface area contributed by atoms with Crippen LogP contribution in [0.1, 0.15) is 49.3 Å². The Hall–Kier alpha value is -3.98. The zero-order valence-electron chi connectivity index (χ0n) is 20.3. The third-order valence-corrected chi connectivity index (χ3v) is 6.02. The second-order valence-corrected chi connectivity index (χ2v) is 10.4. The first-order chi connectivity index (χ1) is 17.0. The van der Waals surface area contributed by atoms with E-state index >= 15 is 0 Å². The molecule has 10 heteroatoms. The molecule has 4 N–H and O–H groups in total. The lowest BCUT2D eigenvalue weighted by Crippen LogP contribution is -2.27. The van der Waals surface area contributed by atoms with Crippen molar-refractivity contribution in [2.45, 2.75) is 33.4 Å². The molecule has 1 spiro atoms. The molecule has 4 heterocycles. The Morgan fingerprint density at radius 2 is 1.89 bits per heavy atom. The number of amidine groups is 1. The van der Waals surface area contributed by atoms with Crippen molar-refractivity contribution in [3.05, 3.63) is 64.6 Å². The number of primary amides is 1. The molecular formula is C26H25ClN6O3. The average Bonchev–Trinajstić information content (AvgIpc) is 3.11. The Morgan fingerprint density at radius 3 is 2.56 bits per heavy atom. The first-order valence-electron chi connectivity index (χ1n) is 11.3. The molecule has 184 valence electrons. The van der Waals surface area contributed by atoms with Gasteiger partial charge in [-0.25, -0.2) is 20.0 Å². The van der Waals surface area contributed by atoms with Crippen LogP contribution in [0, 0.1) is 5.41 Å². The van der Waals surface area contributed by atoms with Crippen molar-refractivity contribution in [2.75, 3.05) is 6.61 Å². The van der Waals surface area contributed by atoms with Gasteiger partial charge >= 0.3 is 0 Å². The van der Waals surface area contributed by atoms with E-state index in [1.54, 1.807) is 31.3 Å². The lowest BCUT2D eigenvalue weighted by atomic mass is 9.87. The first-order valence-corrected chi connectivity index (χ1v) is 11.7. The van der Waals surface area contributed by atoms with Gasteiger partial charge in [0.05, 0.1) is 29.1 Å². The Bertz CT molecular complexity index is 1460. The van der Waals surface area contributed by atoms with Crippen molar-refractivity contribution in [3.8, 4) is 28.5 Å². The van der Waals surface area contributed by atoms with Crippen LogP contribution in [0.4, 0.5) is 0 Å². The second-order valence-electron chi connectivity index (χ2n) is 9.97. The number of benzene rings is 1. The summed E-state index contributed by atoms with van der Waals surface area (Å²) in [5.74, 6) is 1.07. The van der Waals surface area contributed by atoms with E-state index in [1.807, 2.05) is 12.1 Å². The highest BCUT2D eigenvalue weighted by atomic mass is 35.5. The molecule has 1 unspecified atom stereocenters. The maximum Gasteiger partial charge on any atom is 0.267 e. The topological polar surface area (TPSA) is 138 Å². The van der Waals surface area contributed by atoms with Gasteiger partial charge in [-0.05, 0) is 42.2 Å². The summed E-state index contributed by atoms with van der Waals surface area (Å²) in [6.45, 7) is 8.55. The predicted octanol–water partition coefficient (Wildman–Crippen LogP) is 4.46. The highest BCUT2D eigenvalue weighted by Gasteiger charge is 2.47. The molecule has 0 aliphatic carbocycles. The second kappa shape index (κ2) is 8.30. The largest absolute Gasteiger partial charge is 0.491 e. The van der Waals surface area contributed by atoms with Crippen LogP contribution in [-0.2, 0) is 5.66 Å². The number of aromatic nitrogens is 2. The fourth-order valence-electron chi connectivity index (χ4n) is 4.13. The molecule has 0 saturated heterocycles. The predicted molar refractivity (Wildman–Crippen MR) is 138 cm³/mol. The van der Waals surface area contributed by atoms with Crippen LogP contribution in [0.15, 0.2) is 52.7 Å². The molecule has 5 rings (SSSR count). The van der Waals surface area contributed by atoms with Gasteiger partial charge in [0, 0.05) is 17.3 Å². The summed E-state index contributed by atoms with van der Waals surface area (Å²) in [7, 11) is 0. The van der Waals surface area contributed by atoms with Gasteiger partial charge in [0.15, 0.2) is 0 Å². The van der Waals surface area contributed by atoms with Gasteiger partial charge in [0.2, 0.25) is 11.5 Å². The molecule has 2 aliphatic heterocycles. The zero-order chi connectivity index (χ0) is 25.8. The molecule has 0 saturated carbocycles. The molecule has 2 aliphatic rings. The van der Waals surface area contributed by atoms with E-state index in [-0.39, 0.29) is 11.1 Å². The lowest BCUT2D eigenvalue weighted by Gasteiger charge is -2.32. The van der Waals surface area contributed by atoms with Crippen molar-refractivity contribution in [1.29, 1.82) is 0 Å². The van der Waals surface area contributed by atoms with E-state index in [4.69, 9.17) is 42.5 Å². The standard InChI is InChI=1S/C26H25ClN6O3/c1-13-22(28)33-26(32-13)18-7-14(17-8-15(27)10-30-21(17)23(29)34)5-6-20(18)36-24-19(26)9-16(11-31-24)35-12-25(2,3)4/h5-11H,12H2,1-4H3,(H2,28,33)(H2,29,34). The van der Waals surface area contributed by atoms with Crippen LogP contribution in [0.5, 0.6) is 17.4 Å². The molecule has 3 aromatic rings. The van der Waals surface area contributed by atoms with Crippen molar-refractivity contribution in [2.24, 2.45) is 26.9 Å². The number of nitrogens with zero attached hydrogens (tertiary/aromatic N) is 4. The number of hydrogen-bond donors (Lipinski definition) is 2. The molecule has 1 aromatic carbocycles. The summed E-state index contributed by atoms with van der Waals surface area (Å²) in [4.78, 5) is 30.4. The third kappa shape index (κ3) is 4.05. The Labute approximate surface area is 213 Å². The molecule has 0 fully saturated rings. The Balaban J connectivity index is 1.70. The van der Waals surface area contributed by atoms with Crippen molar-refractivity contribution < 1.29 is 14.3 Å². The van der Waals surface area contributed by atoms with Crippen LogP contribution in [0.25, 0.3) is 11.1 Å². The average molecular weight is 505 g/mol. The van der Waals surface area contributed by atoms with Gasteiger partial charge in [-0.1, -0.05) is 38.4 Å². The number of aliphatic imine (C=N–C) groups is 2. The molecule has 9 nitrogen and oxygen atoms in total. The van der Waals surface area contributed by atoms with Gasteiger partial charge in [-0.15, -0.1) is 0 Å². The number of rotatable bonds is 4. The Morgan fingerprint density at radius 1 is 1.11 bits per heavy atom. The number of amides is 1. The van der Waals surface area contributed by atoms with Crippen LogP contribution < -0.4 is 20.9 Å². The monoisotopic (exact) mass is 504 g/mol.